The molecule has 9 heteroatoms. The standard InChI is InChI=1S/C12H11BrN4O4/c1-6-10(17(20)21)11(16(2)15-6)14-7-3-4-9(13)8(5-7)12(18)19/h3-5,14H,1-2H3,(H,18,19). The van der Waals surface area contributed by atoms with Gasteiger partial charge in [-0.15, -0.1) is 0 Å². The molecule has 2 rings (SSSR count). The predicted octanol–water partition coefficient (Wildman–Crippen LogP) is 2.84. The molecule has 110 valence electrons. The molecule has 0 spiro atoms. The SMILES string of the molecule is Cc1nn(C)c(Nc2ccc(Br)c(C(=O)O)c2)c1[N+](=O)[O-]. The van der Waals surface area contributed by atoms with Crippen LogP contribution >= 0.6 is 15.9 Å². The molecular weight excluding hydrogens is 344 g/mol. The van der Waals surface area contributed by atoms with Crippen molar-refractivity contribution in [1.82, 2.24) is 9.78 Å². The first kappa shape index (κ1) is 15.0. The molecule has 0 bridgehead atoms. The molecule has 0 unspecified atom stereocenters. The smallest absolute Gasteiger partial charge is 0.336 e. The monoisotopic (exact) mass is 354 g/mol. The number of nitrogens with one attached hydrogen (secondary N) is 1. The number of carboxylic acids is 1. The molecule has 8 nitrogen and oxygen atoms in total. The number of rotatable bonds is 4. The molecule has 0 atom stereocenters. The molecule has 1 aromatic carbocycles. The van der Waals surface area contributed by atoms with Crippen molar-refractivity contribution < 1.29 is 14.8 Å². The zero-order chi connectivity index (χ0) is 15.7. The number of halogens is 1. The van der Waals surface area contributed by atoms with Crippen molar-refractivity contribution >= 4 is 39.1 Å². The number of carbonyl (C=O) groups is 1. The molecule has 0 fully saturated rings. The Hall–Kier alpha value is -2.42. The summed E-state index contributed by atoms with van der Waals surface area (Å²) >= 11 is 3.14. The first-order valence-electron chi connectivity index (χ1n) is 5.79. The third-order valence-electron chi connectivity index (χ3n) is 2.83. The van der Waals surface area contributed by atoms with Crippen LogP contribution in [-0.2, 0) is 7.05 Å². The topological polar surface area (TPSA) is 110 Å². The van der Waals surface area contributed by atoms with Crippen LogP contribution in [-0.4, -0.2) is 25.8 Å². The molecule has 1 heterocycles. The van der Waals surface area contributed by atoms with Crippen molar-refractivity contribution in [1.29, 1.82) is 0 Å². The second-order valence-electron chi connectivity index (χ2n) is 4.29. The van der Waals surface area contributed by atoms with Gasteiger partial charge >= 0.3 is 11.7 Å². The van der Waals surface area contributed by atoms with Crippen molar-refractivity contribution in [3.8, 4) is 0 Å². The first-order chi connectivity index (χ1) is 9.81. The van der Waals surface area contributed by atoms with Gasteiger partial charge < -0.3 is 10.4 Å². The maximum Gasteiger partial charge on any atom is 0.336 e. The van der Waals surface area contributed by atoms with Gasteiger partial charge in [-0.2, -0.15) is 5.10 Å². The van der Waals surface area contributed by atoms with Gasteiger partial charge in [0, 0.05) is 17.2 Å². The Labute approximate surface area is 127 Å². The Morgan fingerprint density at radius 2 is 2.19 bits per heavy atom. The number of carboxylic acid groups (broad SMARTS) is 1. The molecule has 0 saturated carbocycles. The summed E-state index contributed by atoms with van der Waals surface area (Å²) in [5, 5.41) is 27.0. The number of hydrogen-bond donors (Lipinski definition) is 2. The summed E-state index contributed by atoms with van der Waals surface area (Å²) in [5.74, 6) is -0.905. The summed E-state index contributed by atoms with van der Waals surface area (Å²) in [5.41, 5.74) is 0.612. The molecule has 0 radical (unpaired) electrons. The maximum atomic E-state index is 11.1. The van der Waals surface area contributed by atoms with Crippen molar-refractivity contribution in [2.75, 3.05) is 5.32 Å². The molecule has 0 saturated heterocycles. The van der Waals surface area contributed by atoms with E-state index in [0.29, 0.717) is 10.2 Å². The molecular formula is C12H11BrN4O4. The van der Waals surface area contributed by atoms with E-state index in [2.05, 4.69) is 26.3 Å². The second-order valence-corrected chi connectivity index (χ2v) is 5.14. The average molecular weight is 355 g/mol. The molecule has 21 heavy (non-hydrogen) atoms. The fourth-order valence-electron chi connectivity index (χ4n) is 1.91. The van der Waals surface area contributed by atoms with Crippen LogP contribution in [0.2, 0.25) is 0 Å². The van der Waals surface area contributed by atoms with Gasteiger partial charge in [0.2, 0.25) is 5.82 Å². The fraction of sp³-hybridized carbons (Fsp3) is 0.167. The van der Waals surface area contributed by atoms with Gasteiger partial charge in [-0.25, -0.2) is 9.48 Å². The fourth-order valence-corrected chi connectivity index (χ4v) is 2.33. The van der Waals surface area contributed by atoms with Crippen molar-refractivity contribution in [2.45, 2.75) is 6.92 Å². The van der Waals surface area contributed by atoms with E-state index < -0.39 is 10.9 Å². The number of nitro groups is 1. The number of nitrogens with zero attached hydrogens (tertiary/aromatic N) is 3. The first-order valence-corrected chi connectivity index (χ1v) is 6.58. The van der Waals surface area contributed by atoms with Gasteiger partial charge in [0.1, 0.15) is 5.69 Å². The molecule has 0 aliphatic heterocycles. The van der Waals surface area contributed by atoms with Crippen LogP contribution in [0.25, 0.3) is 0 Å². The summed E-state index contributed by atoms with van der Waals surface area (Å²) in [6.45, 7) is 1.54. The summed E-state index contributed by atoms with van der Waals surface area (Å²) in [7, 11) is 1.57. The van der Waals surface area contributed by atoms with Crippen LogP contribution in [0.3, 0.4) is 0 Å². The highest BCUT2D eigenvalue weighted by Gasteiger charge is 2.24. The number of aromatic carboxylic acids is 1. The van der Waals surface area contributed by atoms with E-state index in [1.54, 1.807) is 19.2 Å². The molecule has 0 amide bonds. The highest BCUT2D eigenvalue weighted by atomic mass is 79.9. The Kier molecular flexibility index (Phi) is 3.94. The number of aryl methyl sites for hydroxylation is 2. The number of aromatic nitrogens is 2. The molecule has 2 aromatic rings. The van der Waals surface area contributed by atoms with E-state index in [4.69, 9.17) is 5.11 Å². The highest BCUT2D eigenvalue weighted by molar-refractivity contribution is 9.10. The largest absolute Gasteiger partial charge is 0.478 e. The van der Waals surface area contributed by atoms with Gasteiger partial charge in [-0.05, 0) is 41.1 Å². The van der Waals surface area contributed by atoms with Crippen molar-refractivity contribution in [3.05, 3.63) is 44.0 Å². The van der Waals surface area contributed by atoms with Gasteiger partial charge in [0.05, 0.1) is 10.5 Å². The van der Waals surface area contributed by atoms with Gasteiger partial charge in [-0.3, -0.25) is 10.1 Å². The van der Waals surface area contributed by atoms with Gasteiger partial charge in [0.25, 0.3) is 0 Å². The summed E-state index contributed by atoms with van der Waals surface area (Å²) < 4.78 is 1.77. The minimum atomic E-state index is -1.10. The Morgan fingerprint density at radius 3 is 2.76 bits per heavy atom. The van der Waals surface area contributed by atoms with Crippen molar-refractivity contribution in [3.63, 3.8) is 0 Å². The number of benzene rings is 1. The normalized spacial score (nSPS) is 10.4. The minimum Gasteiger partial charge on any atom is -0.478 e. The minimum absolute atomic E-state index is 0.0570. The van der Waals surface area contributed by atoms with Crippen LogP contribution in [0.15, 0.2) is 22.7 Å². The summed E-state index contributed by atoms with van der Waals surface area (Å²) in [4.78, 5) is 21.6. The lowest BCUT2D eigenvalue weighted by atomic mass is 10.2. The zero-order valence-corrected chi connectivity index (χ0v) is 12.7. The van der Waals surface area contributed by atoms with E-state index >= 15 is 0 Å². The average Bonchev–Trinajstić information content (AvgIpc) is 2.66. The van der Waals surface area contributed by atoms with E-state index in [0.717, 1.165) is 0 Å². The van der Waals surface area contributed by atoms with Crippen molar-refractivity contribution in [2.24, 2.45) is 7.05 Å². The zero-order valence-electron chi connectivity index (χ0n) is 11.1. The summed E-state index contributed by atoms with van der Waals surface area (Å²) in [6, 6.07) is 4.56. The number of anilines is 2. The van der Waals surface area contributed by atoms with E-state index in [-0.39, 0.29) is 22.8 Å². The highest BCUT2D eigenvalue weighted by Crippen LogP contribution is 2.31. The predicted molar refractivity (Wildman–Crippen MR) is 79.0 cm³/mol. The third kappa shape index (κ3) is 2.87. The van der Waals surface area contributed by atoms with E-state index in [9.17, 15) is 14.9 Å². The third-order valence-corrected chi connectivity index (χ3v) is 3.52. The van der Waals surface area contributed by atoms with Gasteiger partial charge in [-0.1, -0.05) is 0 Å². The Morgan fingerprint density at radius 1 is 1.52 bits per heavy atom. The molecule has 2 N–H and O–H groups in total. The Balaban J connectivity index is 2.46. The Bertz CT molecular complexity index is 741. The lowest BCUT2D eigenvalue weighted by Gasteiger charge is -2.08. The summed E-state index contributed by atoms with van der Waals surface area (Å²) in [6.07, 6.45) is 0. The lowest BCUT2D eigenvalue weighted by molar-refractivity contribution is -0.384. The maximum absolute atomic E-state index is 11.1. The van der Waals surface area contributed by atoms with Crippen LogP contribution in [0.5, 0.6) is 0 Å². The lowest BCUT2D eigenvalue weighted by Crippen LogP contribution is -2.03. The van der Waals surface area contributed by atoms with E-state index in [1.165, 1.54) is 17.7 Å². The van der Waals surface area contributed by atoms with E-state index in [1.807, 2.05) is 0 Å². The van der Waals surface area contributed by atoms with Crippen LogP contribution in [0.4, 0.5) is 17.2 Å². The van der Waals surface area contributed by atoms with Crippen LogP contribution < -0.4 is 5.32 Å². The quantitative estimate of drug-likeness (QED) is 0.645. The van der Waals surface area contributed by atoms with Crippen LogP contribution in [0, 0.1) is 17.0 Å². The number of hydrogen-bond acceptors (Lipinski definition) is 5. The molecule has 0 aliphatic carbocycles. The van der Waals surface area contributed by atoms with Crippen LogP contribution in [0.1, 0.15) is 16.1 Å². The van der Waals surface area contributed by atoms with Gasteiger partial charge in [0.15, 0.2) is 0 Å². The molecule has 0 aliphatic rings. The molecule has 1 aromatic heterocycles. The second kappa shape index (κ2) is 5.52.